The molecule has 2 rings (SSSR count). The van der Waals surface area contributed by atoms with Crippen LogP contribution in [-0.4, -0.2) is 5.21 Å². The van der Waals surface area contributed by atoms with Crippen LogP contribution in [0.2, 0.25) is 0 Å². The predicted molar refractivity (Wildman–Crippen MR) is 44.8 cm³/mol. The minimum Gasteiger partial charge on any atom is -0.464 e. The standard InChI is InChI=1S/C9H8FNO2/c10-9-6(5-11-12)1-2-8-7(9)3-4-13-8/h1-4,11-12H,5H2. The van der Waals surface area contributed by atoms with E-state index in [9.17, 15) is 4.39 Å². The van der Waals surface area contributed by atoms with Gasteiger partial charge >= 0.3 is 0 Å². The molecule has 3 nitrogen and oxygen atoms in total. The van der Waals surface area contributed by atoms with Gasteiger partial charge in [-0.3, -0.25) is 0 Å². The topological polar surface area (TPSA) is 45.4 Å². The zero-order chi connectivity index (χ0) is 9.26. The van der Waals surface area contributed by atoms with Crippen molar-refractivity contribution in [1.82, 2.24) is 5.48 Å². The van der Waals surface area contributed by atoms with Gasteiger partial charge in [0.25, 0.3) is 0 Å². The van der Waals surface area contributed by atoms with E-state index in [2.05, 4.69) is 0 Å². The maximum absolute atomic E-state index is 13.5. The quantitative estimate of drug-likeness (QED) is 0.697. The third kappa shape index (κ3) is 1.30. The van der Waals surface area contributed by atoms with E-state index < -0.39 is 0 Å². The van der Waals surface area contributed by atoms with Gasteiger partial charge in [-0.2, -0.15) is 0 Å². The smallest absolute Gasteiger partial charge is 0.138 e. The van der Waals surface area contributed by atoms with Crippen molar-refractivity contribution in [1.29, 1.82) is 0 Å². The van der Waals surface area contributed by atoms with Gasteiger partial charge in [-0.25, -0.2) is 9.87 Å². The summed E-state index contributed by atoms with van der Waals surface area (Å²) in [7, 11) is 0. The molecule has 1 aromatic heterocycles. The lowest BCUT2D eigenvalue weighted by Gasteiger charge is -2.01. The Morgan fingerprint density at radius 3 is 3.00 bits per heavy atom. The summed E-state index contributed by atoms with van der Waals surface area (Å²) < 4.78 is 18.5. The van der Waals surface area contributed by atoms with E-state index in [0.29, 0.717) is 16.5 Å². The molecule has 0 fully saturated rings. The molecule has 2 aromatic rings. The molecule has 0 saturated carbocycles. The van der Waals surface area contributed by atoms with Gasteiger partial charge in [0.1, 0.15) is 11.4 Å². The number of furan rings is 1. The molecule has 0 bridgehead atoms. The number of nitrogens with one attached hydrogen (secondary N) is 1. The molecule has 0 unspecified atom stereocenters. The molecular weight excluding hydrogens is 173 g/mol. The van der Waals surface area contributed by atoms with E-state index in [1.165, 1.54) is 6.26 Å². The van der Waals surface area contributed by atoms with Crippen LogP contribution < -0.4 is 5.48 Å². The molecule has 2 N–H and O–H groups in total. The van der Waals surface area contributed by atoms with Gasteiger partial charge < -0.3 is 9.62 Å². The highest BCUT2D eigenvalue weighted by Gasteiger charge is 2.07. The van der Waals surface area contributed by atoms with Gasteiger partial charge in [0.15, 0.2) is 0 Å². The first-order valence-electron chi connectivity index (χ1n) is 3.84. The second kappa shape index (κ2) is 3.16. The van der Waals surface area contributed by atoms with Crippen LogP contribution in [0.1, 0.15) is 5.56 Å². The average Bonchev–Trinajstić information content (AvgIpc) is 2.58. The summed E-state index contributed by atoms with van der Waals surface area (Å²) in [4.78, 5) is 0. The largest absolute Gasteiger partial charge is 0.464 e. The molecule has 0 radical (unpaired) electrons. The van der Waals surface area contributed by atoms with Crippen molar-refractivity contribution in [2.75, 3.05) is 0 Å². The molecule has 0 saturated heterocycles. The van der Waals surface area contributed by atoms with Crippen molar-refractivity contribution in [3.8, 4) is 0 Å². The Bertz CT molecular complexity index is 424. The fourth-order valence-corrected chi connectivity index (χ4v) is 1.28. The first-order valence-corrected chi connectivity index (χ1v) is 3.84. The molecular formula is C9H8FNO2. The zero-order valence-electron chi connectivity index (χ0n) is 6.75. The molecule has 0 aliphatic heterocycles. The lowest BCUT2D eigenvalue weighted by atomic mass is 10.1. The molecule has 1 heterocycles. The van der Waals surface area contributed by atoms with Crippen LogP contribution in [0.4, 0.5) is 4.39 Å². The summed E-state index contributed by atoms with van der Waals surface area (Å²) in [6.45, 7) is 0.0902. The van der Waals surface area contributed by atoms with Gasteiger partial charge in [0, 0.05) is 12.1 Å². The minimum absolute atomic E-state index is 0.0902. The highest BCUT2D eigenvalue weighted by Crippen LogP contribution is 2.21. The average molecular weight is 181 g/mol. The van der Waals surface area contributed by atoms with Crippen molar-refractivity contribution < 1.29 is 14.0 Å². The molecule has 0 aliphatic carbocycles. The Kier molecular flexibility index (Phi) is 2.00. The maximum atomic E-state index is 13.5. The molecule has 0 aliphatic rings. The highest BCUT2D eigenvalue weighted by atomic mass is 19.1. The van der Waals surface area contributed by atoms with Crippen LogP contribution >= 0.6 is 0 Å². The van der Waals surface area contributed by atoms with Crippen molar-refractivity contribution in [3.63, 3.8) is 0 Å². The van der Waals surface area contributed by atoms with Gasteiger partial charge in [0.2, 0.25) is 0 Å². The van der Waals surface area contributed by atoms with Crippen molar-refractivity contribution in [2.24, 2.45) is 0 Å². The number of fused-ring (bicyclic) bond motifs is 1. The van der Waals surface area contributed by atoms with Gasteiger partial charge in [-0.15, -0.1) is 0 Å². The van der Waals surface area contributed by atoms with Crippen LogP contribution in [0, 0.1) is 5.82 Å². The summed E-state index contributed by atoms with van der Waals surface area (Å²) in [5.74, 6) is -0.354. The first-order chi connectivity index (χ1) is 6.33. The summed E-state index contributed by atoms with van der Waals surface area (Å²) in [5, 5.41) is 8.86. The highest BCUT2D eigenvalue weighted by molar-refractivity contribution is 5.78. The number of rotatable bonds is 2. The predicted octanol–water partition coefficient (Wildman–Crippen LogP) is 2.05. The normalized spacial score (nSPS) is 10.9. The molecule has 0 spiro atoms. The van der Waals surface area contributed by atoms with Crippen LogP contribution in [0.25, 0.3) is 11.0 Å². The summed E-state index contributed by atoms with van der Waals surface area (Å²) in [6, 6.07) is 4.81. The number of benzene rings is 1. The van der Waals surface area contributed by atoms with E-state index in [1.807, 2.05) is 5.48 Å². The van der Waals surface area contributed by atoms with Crippen molar-refractivity contribution in [3.05, 3.63) is 35.8 Å². The van der Waals surface area contributed by atoms with Gasteiger partial charge in [0.05, 0.1) is 11.6 Å². The third-order valence-corrected chi connectivity index (χ3v) is 1.92. The Hall–Kier alpha value is -1.39. The van der Waals surface area contributed by atoms with Crippen LogP contribution in [0.3, 0.4) is 0 Å². The molecule has 0 amide bonds. The van der Waals surface area contributed by atoms with E-state index in [1.54, 1.807) is 18.2 Å². The van der Waals surface area contributed by atoms with Crippen LogP contribution in [0.15, 0.2) is 28.9 Å². The number of hydrogen-bond acceptors (Lipinski definition) is 3. The van der Waals surface area contributed by atoms with Crippen LogP contribution in [0.5, 0.6) is 0 Å². The molecule has 13 heavy (non-hydrogen) atoms. The van der Waals surface area contributed by atoms with E-state index in [4.69, 9.17) is 9.62 Å². The van der Waals surface area contributed by atoms with Gasteiger partial charge in [-0.05, 0) is 12.1 Å². The molecule has 1 aromatic carbocycles. The Balaban J connectivity index is 2.59. The zero-order valence-corrected chi connectivity index (χ0v) is 6.75. The minimum atomic E-state index is -0.354. The third-order valence-electron chi connectivity index (χ3n) is 1.92. The number of hydroxylamine groups is 1. The van der Waals surface area contributed by atoms with E-state index >= 15 is 0 Å². The molecule has 68 valence electrons. The summed E-state index contributed by atoms with van der Waals surface area (Å²) >= 11 is 0. The number of halogens is 1. The van der Waals surface area contributed by atoms with E-state index in [-0.39, 0.29) is 12.4 Å². The second-order valence-corrected chi connectivity index (χ2v) is 2.71. The Morgan fingerprint density at radius 2 is 2.23 bits per heavy atom. The molecule has 0 atom stereocenters. The van der Waals surface area contributed by atoms with E-state index in [0.717, 1.165) is 0 Å². The fourth-order valence-electron chi connectivity index (χ4n) is 1.28. The Morgan fingerprint density at radius 1 is 1.38 bits per heavy atom. The summed E-state index contributed by atoms with van der Waals surface area (Å²) in [6.07, 6.45) is 1.43. The maximum Gasteiger partial charge on any atom is 0.138 e. The van der Waals surface area contributed by atoms with Crippen LogP contribution in [-0.2, 0) is 6.54 Å². The first kappa shape index (κ1) is 8.22. The molecule has 4 heteroatoms. The monoisotopic (exact) mass is 181 g/mol. The Labute approximate surface area is 73.7 Å². The fraction of sp³-hybridized carbons (Fsp3) is 0.111. The lowest BCUT2D eigenvalue weighted by molar-refractivity contribution is 0.160. The lowest BCUT2D eigenvalue weighted by Crippen LogP contribution is -2.07. The van der Waals surface area contributed by atoms with Crippen molar-refractivity contribution in [2.45, 2.75) is 6.54 Å². The SMILES string of the molecule is ONCc1ccc2occc2c1F. The number of hydrogen-bond donors (Lipinski definition) is 2. The van der Waals surface area contributed by atoms with Crippen molar-refractivity contribution >= 4 is 11.0 Å². The second-order valence-electron chi connectivity index (χ2n) is 2.71. The summed E-state index contributed by atoms with van der Waals surface area (Å²) in [5.41, 5.74) is 2.84. The van der Waals surface area contributed by atoms with Gasteiger partial charge in [-0.1, -0.05) is 6.07 Å².